The number of hydrogen-bond donors (Lipinski definition) is 1. The zero-order chi connectivity index (χ0) is 9.42. The lowest BCUT2D eigenvalue weighted by Crippen LogP contribution is -1.86. The Balaban J connectivity index is 2.82. The fourth-order valence-corrected chi connectivity index (χ4v) is 1.65. The molecule has 1 aromatic carbocycles. The molecule has 0 bridgehead atoms. The minimum Gasteiger partial charge on any atom is -0.339 e. The van der Waals surface area contributed by atoms with Crippen molar-refractivity contribution >= 4 is 23.5 Å². The Morgan fingerprint density at radius 1 is 1.38 bits per heavy atom. The predicted octanol–water partition coefficient (Wildman–Crippen LogP) is 2.34. The van der Waals surface area contributed by atoms with Crippen LogP contribution < -0.4 is 0 Å². The molecular weight excluding hydrogens is 180 g/mol. The number of rotatable bonds is 0. The van der Waals surface area contributed by atoms with Gasteiger partial charge < -0.3 is 4.57 Å². The van der Waals surface area contributed by atoms with Crippen LogP contribution in [0.25, 0.3) is 10.9 Å². The fourth-order valence-electron chi connectivity index (χ4n) is 1.40. The third kappa shape index (κ3) is 1.20. The summed E-state index contributed by atoms with van der Waals surface area (Å²) in [5.41, 5.74) is 1.79. The Morgan fingerprint density at radius 3 is 2.85 bits per heavy atom. The summed E-state index contributed by atoms with van der Waals surface area (Å²) in [4.78, 5) is 0. The van der Waals surface area contributed by atoms with Crippen LogP contribution in [-0.4, -0.2) is 4.57 Å². The molecule has 13 heavy (non-hydrogen) atoms. The quantitative estimate of drug-likeness (QED) is 0.631. The first kappa shape index (κ1) is 8.21. The van der Waals surface area contributed by atoms with Crippen molar-refractivity contribution in [3.8, 4) is 6.07 Å². The van der Waals surface area contributed by atoms with Crippen molar-refractivity contribution in [2.24, 2.45) is 7.05 Å². The van der Waals surface area contributed by atoms with Gasteiger partial charge in [0.2, 0.25) is 0 Å². The summed E-state index contributed by atoms with van der Waals surface area (Å²) in [7, 11) is 1.96. The van der Waals surface area contributed by atoms with Crippen LogP contribution in [0.1, 0.15) is 5.56 Å². The second kappa shape index (κ2) is 2.82. The van der Waals surface area contributed by atoms with E-state index in [1.807, 2.05) is 35.9 Å². The van der Waals surface area contributed by atoms with Gasteiger partial charge in [-0.25, -0.2) is 0 Å². The second-order valence-electron chi connectivity index (χ2n) is 2.95. The van der Waals surface area contributed by atoms with E-state index in [1.165, 1.54) is 0 Å². The summed E-state index contributed by atoms with van der Waals surface area (Å²) < 4.78 is 1.99. The molecule has 0 aliphatic heterocycles. The number of fused-ring (bicyclic) bond motifs is 1. The van der Waals surface area contributed by atoms with Crippen LogP contribution in [0.2, 0.25) is 0 Å². The van der Waals surface area contributed by atoms with E-state index in [4.69, 9.17) is 5.26 Å². The smallest absolute Gasteiger partial charge is 0.0991 e. The molecule has 64 valence electrons. The van der Waals surface area contributed by atoms with Gasteiger partial charge in [-0.2, -0.15) is 5.26 Å². The molecule has 0 saturated carbocycles. The number of nitriles is 1. The Labute approximate surface area is 81.8 Å². The molecule has 2 rings (SSSR count). The molecule has 0 spiro atoms. The topological polar surface area (TPSA) is 28.7 Å². The summed E-state index contributed by atoms with van der Waals surface area (Å²) in [6.07, 6.45) is 0. The number of thiol groups is 1. The van der Waals surface area contributed by atoms with Crippen LogP contribution in [0.5, 0.6) is 0 Å². The van der Waals surface area contributed by atoms with Crippen molar-refractivity contribution in [2.45, 2.75) is 5.03 Å². The second-order valence-corrected chi connectivity index (χ2v) is 3.41. The lowest BCUT2D eigenvalue weighted by Gasteiger charge is -1.96. The number of aromatic nitrogens is 1. The molecule has 0 aliphatic rings. The molecule has 3 heteroatoms. The maximum Gasteiger partial charge on any atom is 0.0991 e. The van der Waals surface area contributed by atoms with Gasteiger partial charge in [-0.15, -0.1) is 12.6 Å². The predicted molar refractivity (Wildman–Crippen MR) is 54.9 cm³/mol. The molecule has 0 fully saturated rings. The molecule has 1 heterocycles. The minimum absolute atomic E-state index is 0.687. The van der Waals surface area contributed by atoms with Crippen molar-refractivity contribution < 1.29 is 0 Å². The van der Waals surface area contributed by atoms with Crippen molar-refractivity contribution in [3.63, 3.8) is 0 Å². The maximum atomic E-state index is 8.70. The van der Waals surface area contributed by atoms with E-state index in [1.54, 1.807) is 0 Å². The van der Waals surface area contributed by atoms with E-state index in [9.17, 15) is 0 Å². The van der Waals surface area contributed by atoms with Crippen LogP contribution in [-0.2, 0) is 7.05 Å². The summed E-state index contributed by atoms with van der Waals surface area (Å²) in [5.74, 6) is 0. The number of aryl methyl sites for hydroxylation is 1. The Kier molecular flexibility index (Phi) is 1.78. The average molecular weight is 188 g/mol. The molecule has 0 amide bonds. The van der Waals surface area contributed by atoms with Crippen LogP contribution in [0.3, 0.4) is 0 Å². The fraction of sp³-hybridized carbons (Fsp3) is 0.100. The molecular formula is C10H8N2S. The largest absolute Gasteiger partial charge is 0.339 e. The van der Waals surface area contributed by atoms with Gasteiger partial charge in [-0.05, 0) is 24.3 Å². The lowest BCUT2D eigenvalue weighted by molar-refractivity contribution is 0.866. The van der Waals surface area contributed by atoms with Crippen molar-refractivity contribution in [1.82, 2.24) is 4.57 Å². The van der Waals surface area contributed by atoms with E-state index in [0.29, 0.717) is 5.56 Å². The van der Waals surface area contributed by atoms with Gasteiger partial charge >= 0.3 is 0 Å². The van der Waals surface area contributed by atoms with Gasteiger partial charge in [-0.1, -0.05) is 0 Å². The Morgan fingerprint density at radius 2 is 2.15 bits per heavy atom. The molecule has 0 saturated heterocycles. The maximum absolute atomic E-state index is 8.70. The third-order valence-electron chi connectivity index (χ3n) is 2.15. The lowest BCUT2D eigenvalue weighted by atomic mass is 10.2. The zero-order valence-corrected chi connectivity index (χ0v) is 8.05. The third-order valence-corrected chi connectivity index (χ3v) is 2.58. The van der Waals surface area contributed by atoms with Gasteiger partial charge in [0.1, 0.15) is 0 Å². The molecule has 2 aromatic rings. The first-order chi connectivity index (χ1) is 6.22. The first-order valence-corrected chi connectivity index (χ1v) is 4.35. The van der Waals surface area contributed by atoms with Gasteiger partial charge in [0, 0.05) is 18.0 Å². The van der Waals surface area contributed by atoms with Gasteiger partial charge in [0.25, 0.3) is 0 Å². The standard InChI is InChI=1S/C10H8N2S/c1-12-9-3-2-7(6-11)4-8(9)5-10(12)13/h2-5,13H,1H3. The van der Waals surface area contributed by atoms with E-state index < -0.39 is 0 Å². The van der Waals surface area contributed by atoms with Crippen molar-refractivity contribution in [3.05, 3.63) is 29.8 Å². The first-order valence-electron chi connectivity index (χ1n) is 3.91. The zero-order valence-electron chi connectivity index (χ0n) is 7.15. The average Bonchev–Trinajstić information content (AvgIpc) is 2.42. The highest BCUT2D eigenvalue weighted by Gasteiger charge is 2.02. The highest BCUT2D eigenvalue weighted by atomic mass is 32.1. The summed E-state index contributed by atoms with van der Waals surface area (Å²) in [6, 6.07) is 9.69. The summed E-state index contributed by atoms with van der Waals surface area (Å²) in [5, 5.41) is 10.7. The van der Waals surface area contributed by atoms with Gasteiger partial charge in [-0.3, -0.25) is 0 Å². The van der Waals surface area contributed by atoms with Crippen LogP contribution in [0, 0.1) is 11.3 Å². The van der Waals surface area contributed by atoms with Crippen molar-refractivity contribution in [1.29, 1.82) is 5.26 Å². The highest BCUT2D eigenvalue weighted by molar-refractivity contribution is 7.80. The minimum atomic E-state index is 0.687. The molecule has 0 N–H and O–H groups in total. The molecule has 0 aliphatic carbocycles. The van der Waals surface area contributed by atoms with Crippen molar-refractivity contribution in [2.75, 3.05) is 0 Å². The SMILES string of the molecule is Cn1c(S)cc2cc(C#N)ccc21. The molecule has 1 aromatic heterocycles. The van der Waals surface area contributed by atoms with Crippen LogP contribution in [0.4, 0.5) is 0 Å². The van der Waals surface area contributed by atoms with Crippen LogP contribution in [0.15, 0.2) is 29.3 Å². The number of nitrogens with zero attached hydrogens (tertiary/aromatic N) is 2. The van der Waals surface area contributed by atoms with E-state index in [2.05, 4.69) is 18.7 Å². The molecule has 0 atom stereocenters. The van der Waals surface area contributed by atoms with Crippen LogP contribution >= 0.6 is 12.6 Å². The molecule has 2 nitrogen and oxygen atoms in total. The van der Waals surface area contributed by atoms with E-state index in [-0.39, 0.29) is 0 Å². The Bertz CT molecular complexity index is 505. The molecule has 0 radical (unpaired) electrons. The summed E-state index contributed by atoms with van der Waals surface area (Å²) in [6.45, 7) is 0. The summed E-state index contributed by atoms with van der Waals surface area (Å²) >= 11 is 4.30. The monoisotopic (exact) mass is 188 g/mol. The number of hydrogen-bond acceptors (Lipinski definition) is 2. The highest BCUT2D eigenvalue weighted by Crippen LogP contribution is 2.21. The van der Waals surface area contributed by atoms with Gasteiger partial charge in [0.05, 0.1) is 16.7 Å². The Hall–Kier alpha value is -1.40. The number of benzene rings is 1. The normalized spacial score (nSPS) is 10.2. The van der Waals surface area contributed by atoms with E-state index >= 15 is 0 Å². The molecule has 0 unspecified atom stereocenters. The van der Waals surface area contributed by atoms with Gasteiger partial charge in [0.15, 0.2) is 0 Å². The van der Waals surface area contributed by atoms with E-state index in [0.717, 1.165) is 15.9 Å².